The number of anilines is 1. The van der Waals surface area contributed by atoms with Crippen molar-refractivity contribution in [3.63, 3.8) is 0 Å². The van der Waals surface area contributed by atoms with Gasteiger partial charge in [-0.2, -0.15) is 0 Å². The van der Waals surface area contributed by atoms with E-state index in [1.807, 2.05) is 7.05 Å². The molecular weight excluding hydrogens is 487 g/mol. The van der Waals surface area contributed by atoms with Crippen LogP contribution in [0.3, 0.4) is 0 Å². The number of nitrogens with zero attached hydrogens (tertiary/aromatic N) is 3. The van der Waals surface area contributed by atoms with Crippen molar-refractivity contribution in [1.82, 2.24) is 10.2 Å². The summed E-state index contributed by atoms with van der Waals surface area (Å²) in [5.41, 5.74) is 2.59. The molecule has 2 saturated heterocycles. The molecule has 2 aliphatic heterocycles. The van der Waals surface area contributed by atoms with E-state index in [1.54, 1.807) is 0 Å². The number of nitrogens with one attached hydrogen (secondary N) is 1. The lowest BCUT2D eigenvalue weighted by atomic mass is 9.89. The first-order valence-corrected chi connectivity index (χ1v) is 10.8. The average molecular weight is 520 g/mol. The van der Waals surface area contributed by atoms with Crippen molar-refractivity contribution in [3.05, 3.63) is 66.2 Å². The molecule has 0 radical (unpaired) electrons. The van der Waals surface area contributed by atoms with E-state index in [4.69, 9.17) is 4.74 Å². The third-order valence-corrected chi connectivity index (χ3v) is 6.01. The normalized spacial score (nSPS) is 22.4. The molecule has 1 N–H and O–H groups in total. The summed E-state index contributed by atoms with van der Waals surface area (Å²) in [6.45, 7) is 5.75. The molecule has 0 saturated carbocycles. The van der Waals surface area contributed by atoms with Crippen LogP contribution in [0.25, 0.3) is 0 Å². The van der Waals surface area contributed by atoms with Crippen molar-refractivity contribution in [2.45, 2.75) is 18.9 Å². The summed E-state index contributed by atoms with van der Waals surface area (Å²) in [7, 11) is 1.89. The second-order valence-electron chi connectivity index (χ2n) is 7.84. The molecule has 0 aliphatic carbocycles. The zero-order chi connectivity index (χ0) is 19.9. The van der Waals surface area contributed by atoms with Gasteiger partial charge in [-0.3, -0.25) is 4.99 Å². The average Bonchev–Trinajstić information content (AvgIpc) is 2.81. The molecule has 5 nitrogen and oxygen atoms in total. The van der Waals surface area contributed by atoms with Gasteiger partial charge in [-0.15, -0.1) is 24.0 Å². The number of hydrogen-bond acceptors (Lipinski definition) is 3. The molecule has 2 aliphatic rings. The van der Waals surface area contributed by atoms with E-state index in [-0.39, 0.29) is 30.1 Å². The topological polar surface area (TPSA) is 40.1 Å². The van der Waals surface area contributed by atoms with E-state index in [9.17, 15) is 0 Å². The third-order valence-electron chi connectivity index (χ3n) is 6.01. The van der Waals surface area contributed by atoms with Gasteiger partial charge < -0.3 is 19.9 Å². The summed E-state index contributed by atoms with van der Waals surface area (Å²) < 4.78 is 6.15. The number of rotatable bonds is 4. The third kappa shape index (κ3) is 5.66. The second kappa shape index (κ2) is 11.6. The lowest BCUT2D eigenvalue weighted by molar-refractivity contribution is -0.0266. The van der Waals surface area contributed by atoms with Crippen molar-refractivity contribution in [2.24, 2.45) is 10.9 Å². The van der Waals surface area contributed by atoms with Crippen molar-refractivity contribution < 1.29 is 4.74 Å². The van der Waals surface area contributed by atoms with Gasteiger partial charge in [0.05, 0.1) is 6.10 Å². The van der Waals surface area contributed by atoms with Crippen LogP contribution in [0.1, 0.15) is 24.5 Å². The van der Waals surface area contributed by atoms with Crippen LogP contribution in [0.4, 0.5) is 5.69 Å². The smallest absolute Gasteiger partial charge is 0.193 e. The molecule has 0 amide bonds. The minimum atomic E-state index is 0. The highest BCUT2D eigenvalue weighted by Crippen LogP contribution is 2.33. The number of piperazine rings is 1. The Hall–Kier alpha value is -1.80. The molecule has 2 atom stereocenters. The van der Waals surface area contributed by atoms with Gasteiger partial charge in [0, 0.05) is 58.0 Å². The summed E-state index contributed by atoms with van der Waals surface area (Å²) in [5.74, 6) is 1.48. The SMILES string of the molecule is CN=C(NCC1CCCOC1c1ccccc1)N1CCN(c2ccccc2)CC1.I. The number of hydrogen-bond donors (Lipinski definition) is 1. The zero-order valence-electron chi connectivity index (χ0n) is 17.7. The van der Waals surface area contributed by atoms with Crippen LogP contribution in [0, 0.1) is 5.92 Å². The first-order chi connectivity index (χ1) is 14.3. The van der Waals surface area contributed by atoms with Crippen LogP contribution in [0.2, 0.25) is 0 Å². The van der Waals surface area contributed by atoms with E-state index in [2.05, 4.69) is 80.8 Å². The summed E-state index contributed by atoms with van der Waals surface area (Å²) >= 11 is 0. The number of benzene rings is 2. The maximum atomic E-state index is 6.15. The standard InChI is InChI=1S/C24H32N4O.HI/c1-25-24(28-16-14-27(15-17-28)22-12-6-3-7-13-22)26-19-21-11-8-18-29-23(21)20-9-4-2-5-10-20;/h2-7,9-10,12-13,21,23H,8,11,14-19H2,1H3,(H,25,26);1H. The predicted molar refractivity (Wildman–Crippen MR) is 135 cm³/mol. The molecule has 2 aromatic carbocycles. The van der Waals surface area contributed by atoms with E-state index in [1.165, 1.54) is 17.7 Å². The zero-order valence-corrected chi connectivity index (χ0v) is 20.1. The number of guanidine groups is 1. The fraction of sp³-hybridized carbons (Fsp3) is 0.458. The van der Waals surface area contributed by atoms with E-state index in [0.29, 0.717) is 5.92 Å². The summed E-state index contributed by atoms with van der Waals surface area (Å²) in [6.07, 6.45) is 2.49. The Bertz CT molecular complexity index is 778. The molecule has 2 aromatic rings. The summed E-state index contributed by atoms with van der Waals surface area (Å²) in [5, 5.41) is 3.64. The van der Waals surface area contributed by atoms with E-state index in [0.717, 1.165) is 51.7 Å². The maximum absolute atomic E-state index is 6.15. The Labute approximate surface area is 197 Å². The van der Waals surface area contributed by atoms with Gasteiger partial charge in [-0.1, -0.05) is 48.5 Å². The van der Waals surface area contributed by atoms with Gasteiger partial charge in [0.1, 0.15) is 0 Å². The molecule has 30 heavy (non-hydrogen) atoms. The van der Waals surface area contributed by atoms with Crippen LogP contribution in [0.15, 0.2) is 65.7 Å². The van der Waals surface area contributed by atoms with E-state index >= 15 is 0 Å². The van der Waals surface area contributed by atoms with Crippen molar-refractivity contribution in [3.8, 4) is 0 Å². The quantitative estimate of drug-likeness (QED) is 0.374. The summed E-state index contributed by atoms with van der Waals surface area (Å²) in [6, 6.07) is 21.3. The minimum absolute atomic E-state index is 0. The van der Waals surface area contributed by atoms with Gasteiger partial charge in [-0.05, 0) is 30.5 Å². The molecule has 0 aromatic heterocycles. The van der Waals surface area contributed by atoms with Crippen molar-refractivity contribution >= 4 is 35.6 Å². The van der Waals surface area contributed by atoms with Gasteiger partial charge in [-0.25, -0.2) is 0 Å². The number of para-hydroxylation sites is 1. The molecule has 0 spiro atoms. The largest absolute Gasteiger partial charge is 0.373 e. The fourth-order valence-electron chi connectivity index (χ4n) is 4.43. The van der Waals surface area contributed by atoms with Crippen LogP contribution >= 0.6 is 24.0 Å². The highest BCUT2D eigenvalue weighted by atomic mass is 127. The number of halogens is 1. The van der Waals surface area contributed by atoms with Crippen LogP contribution in [-0.4, -0.2) is 57.2 Å². The highest BCUT2D eigenvalue weighted by molar-refractivity contribution is 14.0. The lowest BCUT2D eigenvalue weighted by Crippen LogP contribution is -2.53. The first kappa shape index (κ1) is 22.9. The Morgan fingerprint density at radius 3 is 2.33 bits per heavy atom. The molecule has 162 valence electrons. The Morgan fingerprint density at radius 2 is 1.67 bits per heavy atom. The lowest BCUT2D eigenvalue weighted by Gasteiger charge is -2.38. The highest BCUT2D eigenvalue weighted by Gasteiger charge is 2.28. The van der Waals surface area contributed by atoms with Crippen molar-refractivity contribution in [2.75, 3.05) is 51.3 Å². The Balaban J connectivity index is 0.00000256. The fourth-order valence-corrected chi connectivity index (χ4v) is 4.43. The van der Waals surface area contributed by atoms with Crippen LogP contribution < -0.4 is 10.2 Å². The maximum Gasteiger partial charge on any atom is 0.193 e. The molecule has 2 unspecified atom stereocenters. The van der Waals surface area contributed by atoms with Crippen LogP contribution in [0.5, 0.6) is 0 Å². The Kier molecular flexibility index (Phi) is 8.81. The second-order valence-corrected chi connectivity index (χ2v) is 7.84. The predicted octanol–water partition coefficient (Wildman–Crippen LogP) is 4.17. The monoisotopic (exact) mass is 520 g/mol. The van der Waals surface area contributed by atoms with Gasteiger partial charge in [0.25, 0.3) is 0 Å². The Morgan fingerprint density at radius 1 is 1.00 bits per heavy atom. The van der Waals surface area contributed by atoms with Gasteiger partial charge in [0.2, 0.25) is 0 Å². The number of ether oxygens (including phenoxy) is 1. The first-order valence-electron chi connectivity index (χ1n) is 10.8. The molecular formula is C24H33IN4O. The number of aliphatic imine (C=N–C) groups is 1. The van der Waals surface area contributed by atoms with E-state index < -0.39 is 0 Å². The van der Waals surface area contributed by atoms with Gasteiger partial charge in [0.15, 0.2) is 5.96 Å². The van der Waals surface area contributed by atoms with Gasteiger partial charge >= 0.3 is 0 Å². The minimum Gasteiger partial charge on any atom is -0.373 e. The molecule has 4 rings (SSSR count). The van der Waals surface area contributed by atoms with Crippen molar-refractivity contribution in [1.29, 1.82) is 0 Å². The molecule has 2 fully saturated rings. The molecule has 2 heterocycles. The summed E-state index contributed by atoms with van der Waals surface area (Å²) in [4.78, 5) is 9.39. The molecule has 0 bridgehead atoms. The molecule has 6 heteroatoms. The van der Waals surface area contributed by atoms with Crippen LogP contribution in [-0.2, 0) is 4.74 Å².